The number of halogens is 1. The Balaban J connectivity index is 1.93. The molecule has 0 fully saturated rings. The monoisotopic (exact) mass is 368 g/mol. The van der Waals surface area contributed by atoms with Crippen LogP contribution in [0.15, 0.2) is 42.7 Å². The van der Waals surface area contributed by atoms with Gasteiger partial charge in [-0.25, -0.2) is 0 Å². The van der Waals surface area contributed by atoms with Crippen LogP contribution in [0.25, 0.3) is 0 Å². The lowest BCUT2D eigenvalue weighted by Gasteiger charge is -2.07. The first kappa shape index (κ1) is 13.8. The third-order valence-electron chi connectivity index (χ3n) is 2.65. The molecule has 19 heavy (non-hydrogen) atoms. The first-order valence-corrected chi connectivity index (χ1v) is 6.90. The van der Waals surface area contributed by atoms with E-state index in [1.54, 1.807) is 24.5 Å². The summed E-state index contributed by atoms with van der Waals surface area (Å²) < 4.78 is 0.912. The van der Waals surface area contributed by atoms with E-state index in [1.165, 1.54) is 6.07 Å². The molecule has 5 heteroatoms. The molecule has 2 N–H and O–H groups in total. The zero-order chi connectivity index (χ0) is 13.7. The summed E-state index contributed by atoms with van der Waals surface area (Å²) in [5, 5.41) is 12.4. The lowest BCUT2D eigenvalue weighted by molar-refractivity contribution is 0.0951. The third-order valence-corrected chi connectivity index (χ3v) is 3.32. The van der Waals surface area contributed by atoms with Crippen LogP contribution in [-0.4, -0.2) is 22.5 Å². The molecule has 0 aliphatic carbocycles. The van der Waals surface area contributed by atoms with Crippen LogP contribution in [-0.2, 0) is 6.42 Å². The number of carbonyl (C=O) groups is 1. The molecule has 0 saturated heterocycles. The second-order valence-electron chi connectivity index (χ2n) is 4.02. The Morgan fingerprint density at radius 3 is 2.74 bits per heavy atom. The van der Waals surface area contributed by atoms with Crippen molar-refractivity contribution in [3.05, 3.63) is 57.4 Å². The summed E-state index contributed by atoms with van der Waals surface area (Å²) in [4.78, 5) is 15.9. The minimum atomic E-state index is -0.259. The molecule has 0 saturated carbocycles. The topological polar surface area (TPSA) is 62.2 Å². The van der Waals surface area contributed by atoms with Gasteiger partial charge in [0.1, 0.15) is 5.75 Å². The van der Waals surface area contributed by atoms with Crippen LogP contribution in [0.4, 0.5) is 0 Å². The van der Waals surface area contributed by atoms with E-state index in [9.17, 15) is 9.90 Å². The highest BCUT2D eigenvalue weighted by Crippen LogP contribution is 2.19. The Morgan fingerprint density at radius 2 is 2.00 bits per heavy atom. The standard InChI is InChI=1S/C14H13IN2O2/c15-11-1-2-13(18)12(9-11)14(19)17-8-5-10-3-6-16-7-4-10/h1-4,6-7,9,18H,5,8H2,(H,17,19). The molecule has 1 amide bonds. The number of carbonyl (C=O) groups excluding carboxylic acids is 1. The van der Waals surface area contributed by atoms with Crippen LogP contribution in [0.2, 0.25) is 0 Å². The molecule has 98 valence electrons. The van der Waals surface area contributed by atoms with Crippen LogP contribution in [0.3, 0.4) is 0 Å². The summed E-state index contributed by atoms with van der Waals surface area (Å²) >= 11 is 2.10. The van der Waals surface area contributed by atoms with Gasteiger partial charge in [-0.1, -0.05) is 0 Å². The number of pyridine rings is 1. The number of phenolic OH excluding ortho intramolecular Hbond substituents is 1. The zero-order valence-electron chi connectivity index (χ0n) is 10.1. The normalized spacial score (nSPS) is 10.2. The summed E-state index contributed by atoms with van der Waals surface area (Å²) in [6.45, 7) is 0.522. The van der Waals surface area contributed by atoms with Crippen molar-refractivity contribution in [2.75, 3.05) is 6.54 Å². The first-order valence-electron chi connectivity index (χ1n) is 5.82. The predicted molar refractivity (Wildman–Crippen MR) is 81.1 cm³/mol. The Bertz CT molecular complexity index is 573. The number of amides is 1. The smallest absolute Gasteiger partial charge is 0.255 e. The molecule has 2 aromatic rings. The molecule has 2 rings (SSSR count). The summed E-state index contributed by atoms with van der Waals surface area (Å²) in [5.41, 5.74) is 1.42. The Kier molecular flexibility index (Phi) is 4.73. The van der Waals surface area contributed by atoms with Crippen LogP contribution in [0, 0.1) is 3.57 Å². The van der Waals surface area contributed by atoms with Crippen molar-refractivity contribution in [3.63, 3.8) is 0 Å². The maximum Gasteiger partial charge on any atom is 0.255 e. The summed E-state index contributed by atoms with van der Waals surface area (Å²) in [6, 6.07) is 8.77. The number of aromatic hydroxyl groups is 1. The number of hydrogen-bond donors (Lipinski definition) is 2. The van der Waals surface area contributed by atoms with E-state index in [0.717, 1.165) is 15.6 Å². The Labute approximate surface area is 125 Å². The van der Waals surface area contributed by atoms with Crippen LogP contribution in [0.5, 0.6) is 5.75 Å². The van der Waals surface area contributed by atoms with E-state index < -0.39 is 0 Å². The molecular weight excluding hydrogens is 355 g/mol. The van der Waals surface area contributed by atoms with E-state index in [2.05, 4.69) is 32.9 Å². The quantitative estimate of drug-likeness (QED) is 0.815. The van der Waals surface area contributed by atoms with Gasteiger partial charge in [-0.05, 0) is 64.9 Å². The Morgan fingerprint density at radius 1 is 1.26 bits per heavy atom. The molecule has 0 atom stereocenters. The molecule has 0 radical (unpaired) electrons. The molecular formula is C14H13IN2O2. The van der Waals surface area contributed by atoms with Gasteiger partial charge in [-0.3, -0.25) is 9.78 Å². The number of phenols is 1. The van der Waals surface area contributed by atoms with Gasteiger partial charge >= 0.3 is 0 Å². The van der Waals surface area contributed by atoms with Gasteiger partial charge in [0.25, 0.3) is 5.91 Å². The molecule has 4 nitrogen and oxygen atoms in total. The van der Waals surface area contributed by atoms with Gasteiger partial charge in [0.05, 0.1) is 5.56 Å². The maximum absolute atomic E-state index is 11.9. The molecule has 0 aliphatic heterocycles. The van der Waals surface area contributed by atoms with E-state index in [-0.39, 0.29) is 11.7 Å². The van der Waals surface area contributed by atoms with Crippen molar-refractivity contribution < 1.29 is 9.90 Å². The number of aromatic nitrogens is 1. The van der Waals surface area contributed by atoms with Crippen LogP contribution in [0.1, 0.15) is 15.9 Å². The fraction of sp³-hybridized carbons (Fsp3) is 0.143. The second-order valence-corrected chi connectivity index (χ2v) is 5.27. The van der Waals surface area contributed by atoms with E-state index >= 15 is 0 Å². The molecule has 0 bridgehead atoms. The first-order chi connectivity index (χ1) is 9.16. The van der Waals surface area contributed by atoms with Crippen molar-refractivity contribution in [2.45, 2.75) is 6.42 Å². The number of hydrogen-bond acceptors (Lipinski definition) is 3. The van der Waals surface area contributed by atoms with E-state index in [1.807, 2.05) is 12.1 Å². The minimum absolute atomic E-state index is 0.00169. The van der Waals surface area contributed by atoms with Crippen LogP contribution >= 0.6 is 22.6 Å². The van der Waals surface area contributed by atoms with E-state index in [4.69, 9.17) is 0 Å². The van der Waals surface area contributed by atoms with Crippen molar-refractivity contribution in [3.8, 4) is 5.75 Å². The Hall–Kier alpha value is -1.63. The maximum atomic E-state index is 11.9. The number of nitrogens with one attached hydrogen (secondary N) is 1. The van der Waals surface area contributed by atoms with Gasteiger partial charge < -0.3 is 10.4 Å². The summed E-state index contributed by atoms with van der Waals surface area (Å²) in [5.74, 6) is -0.258. The third kappa shape index (κ3) is 3.92. The van der Waals surface area contributed by atoms with Gasteiger partial charge in [-0.2, -0.15) is 0 Å². The number of nitrogens with zero attached hydrogens (tertiary/aromatic N) is 1. The van der Waals surface area contributed by atoms with Gasteiger partial charge in [-0.15, -0.1) is 0 Å². The van der Waals surface area contributed by atoms with Gasteiger partial charge in [0.2, 0.25) is 0 Å². The second kappa shape index (κ2) is 6.51. The highest BCUT2D eigenvalue weighted by molar-refractivity contribution is 14.1. The molecule has 1 aromatic heterocycles. The number of rotatable bonds is 4. The molecule has 0 spiro atoms. The average molecular weight is 368 g/mol. The molecule has 0 unspecified atom stereocenters. The number of benzene rings is 1. The largest absolute Gasteiger partial charge is 0.507 e. The summed E-state index contributed by atoms with van der Waals surface area (Å²) in [6.07, 6.45) is 4.18. The zero-order valence-corrected chi connectivity index (χ0v) is 12.3. The van der Waals surface area contributed by atoms with Crippen molar-refractivity contribution in [1.29, 1.82) is 0 Å². The lowest BCUT2D eigenvalue weighted by Crippen LogP contribution is -2.25. The molecule has 1 heterocycles. The average Bonchev–Trinajstić information content (AvgIpc) is 2.42. The molecule has 0 aliphatic rings. The van der Waals surface area contributed by atoms with Crippen molar-refractivity contribution >= 4 is 28.5 Å². The van der Waals surface area contributed by atoms with Crippen molar-refractivity contribution in [1.82, 2.24) is 10.3 Å². The lowest BCUT2D eigenvalue weighted by atomic mass is 10.1. The highest BCUT2D eigenvalue weighted by Gasteiger charge is 2.10. The molecule has 1 aromatic carbocycles. The van der Waals surface area contributed by atoms with E-state index in [0.29, 0.717) is 12.1 Å². The predicted octanol–water partition coefficient (Wildman–Crippen LogP) is 2.36. The fourth-order valence-electron chi connectivity index (χ4n) is 1.66. The van der Waals surface area contributed by atoms with Crippen molar-refractivity contribution in [2.24, 2.45) is 0 Å². The van der Waals surface area contributed by atoms with Gasteiger partial charge in [0.15, 0.2) is 0 Å². The highest BCUT2D eigenvalue weighted by atomic mass is 127. The van der Waals surface area contributed by atoms with Gasteiger partial charge in [0, 0.05) is 22.5 Å². The van der Waals surface area contributed by atoms with Crippen LogP contribution < -0.4 is 5.32 Å². The SMILES string of the molecule is O=C(NCCc1ccncc1)c1cc(I)ccc1O. The summed E-state index contributed by atoms with van der Waals surface area (Å²) in [7, 11) is 0. The minimum Gasteiger partial charge on any atom is -0.507 e. The fourth-order valence-corrected chi connectivity index (χ4v) is 2.15.